The van der Waals surface area contributed by atoms with Crippen LogP contribution < -0.4 is 10.6 Å². The van der Waals surface area contributed by atoms with E-state index in [0.717, 1.165) is 60.4 Å². The number of amides is 1. The minimum atomic E-state index is -0.294. The second-order valence-electron chi connectivity index (χ2n) is 8.40. The van der Waals surface area contributed by atoms with E-state index in [1.54, 1.807) is 11.8 Å². The fraction of sp³-hybridized carbons (Fsp3) is 0.240. The number of hydrogen-bond acceptors (Lipinski definition) is 7. The van der Waals surface area contributed by atoms with Crippen LogP contribution in [0, 0.1) is 0 Å². The van der Waals surface area contributed by atoms with Crippen molar-refractivity contribution >= 4 is 51.0 Å². The number of fused-ring (bicyclic) bond motifs is 2. The van der Waals surface area contributed by atoms with Crippen LogP contribution in [-0.2, 0) is 0 Å². The van der Waals surface area contributed by atoms with E-state index >= 15 is 0 Å². The highest BCUT2D eigenvalue weighted by Gasteiger charge is 2.36. The molecule has 3 aromatic rings. The van der Waals surface area contributed by atoms with Gasteiger partial charge in [-0.2, -0.15) is 4.58 Å². The molecular weight excluding hydrogens is 446 g/mol. The van der Waals surface area contributed by atoms with Crippen LogP contribution in [-0.4, -0.2) is 74.7 Å². The summed E-state index contributed by atoms with van der Waals surface area (Å²) < 4.78 is 2.22. The third-order valence-electron chi connectivity index (χ3n) is 6.13. The number of nitrogens with zero attached hydrogens (tertiary/aromatic N) is 5. The standard InChI is InChI=1S/C25H23N7OS/c33-24(22-13-27-20-7-3-4-8-21(20)28-22)29-19-6-2-1-5-18(19)23-15-32-17(16-34-25(32)30-23)14-31-11-9-26-10-12-31/h1-8,13,15,26H,9-12,14,16H2/p+1. The smallest absolute Gasteiger partial charge is 0.320 e. The first-order chi connectivity index (χ1) is 16.7. The highest BCUT2D eigenvalue weighted by molar-refractivity contribution is 8.14. The molecule has 9 heteroatoms. The number of carbonyl (C=O) groups excluding carboxylic acids is 1. The Balaban J connectivity index is 1.26. The van der Waals surface area contributed by atoms with E-state index in [0.29, 0.717) is 11.2 Å². The second-order valence-corrected chi connectivity index (χ2v) is 9.35. The van der Waals surface area contributed by atoms with Crippen LogP contribution in [0.1, 0.15) is 16.1 Å². The van der Waals surface area contributed by atoms with Gasteiger partial charge in [0.1, 0.15) is 17.6 Å². The summed E-state index contributed by atoms with van der Waals surface area (Å²) >= 11 is 1.76. The molecule has 0 bridgehead atoms. The lowest BCUT2D eigenvalue weighted by Gasteiger charge is -2.26. The van der Waals surface area contributed by atoms with Gasteiger partial charge in [-0.3, -0.25) is 14.7 Å². The maximum Gasteiger partial charge on any atom is 0.365 e. The number of piperazine rings is 1. The van der Waals surface area contributed by atoms with Crippen LogP contribution in [0.2, 0.25) is 0 Å². The van der Waals surface area contributed by atoms with Gasteiger partial charge in [0.2, 0.25) is 5.70 Å². The minimum absolute atomic E-state index is 0.281. The van der Waals surface area contributed by atoms with Gasteiger partial charge in [0.15, 0.2) is 0 Å². The van der Waals surface area contributed by atoms with Crippen LogP contribution in [0.25, 0.3) is 16.7 Å². The number of aliphatic imine (C=N–C) groups is 1. The predicted molar refractivity (Wildman–Crippen MR) is 136 cm³/mol. The zero-order valence-corrected chi connectivity index (χ0v) is 19.4. The van der Waals surface area contributed by atoms with Gasteiger partial charge in [0.25, 0.3) is 5.91 Å². The quantitative estimate of drug-likeness (QED) is 0.558. The number of anilines is 1. The summed E-state index contributed by atoms with van der Waals surface area (Å²) in [5.74, 6) is 0.670. The van der Waals surface area contributed by atoms with E-state index in [4.69, 9.17) is 4.99 Å². The van der Waals surface area contributed by atoms with Crippen molar-refractivity contribution in [2.24, 2.45) is 4.99 Å². The van der Waals surface area contributed by atoms with E-state index < -0.39 is 0 Å². The Hall–Kier alpha value is -3.40. The average molecular weight is 471 g/mol. The molecule has 3 aliphatic rings. The Morgan fingerprint density at radius 1 is 1.09 bits per heavy atom. The Kier molecular flexibility index (Phi) is 5.66. The summed E-state index contributed by atoms with van der Waals surface area (Å²) in [6.07, 6.45) is 3.60. The topological polar surface area (TPSA) is 85.5 Å². The number of nitrogens with one attached hydrogen (secondary N) is 2. The molecule has 8 nitrogen and oxygen atoms in total. The Morgan fingerprint density at radius 3 is 2.76 bits per heavy atom. The summed E-state index contributed by atoms with van der Waals surface area (Å²) in [5.41, 5.74) is 5.52. The zero-order chi connectivity index (χ0) is 22.9. The number of carbonyl (C=O) groups is 1. The monoisotopic (exact) mass is 470 g/mol. The largest absolute Gasteiger partial charge is 0.365 e. The summed E-state index contributed by atoms with van der Waals surface area (Å²) in [4.78, 5) is 29.2. The summed E-state index contributed by atoms with van der Waals surface area (Å²) in [6, 6.07) is 15.3. The molecule has 0 unspecified atom stereocenters. The number of rotatable bonds is 5. The fourth-order valence-electron chi connectivity index (χ4n) is 4.36. The molecule has 4 heterocycles. The Bertz CT molecular complexity index is 1370. The van der Waals surface area contributed by atoms with Gasteiger partial charge in [0, 0.05) is 26.2 Å². The molecule has 6 rings (SSSR count). The van der Waals surface area contributed by atoms with Crippen LogP contribution in [0.5, 0.6) is 0 Å². The molecular formula is C25H24N7OS+. The third-order valence-corrected chi connectivity index (χ3v) is 7.15. The van der Waals surface area contributed by atoms with E-state index in [1.807, 2.05) is 48.5 Å². The summed E-state index contributed by atoms with van der Waals surface area (Å²) in [7, 11) is 0. The molecule has 170 valence electrons. The Labute approximate surface area is 201 Å². The first kappa shape index (κ1) is 21.2. The summed E-state index contributed by atoms with van der Waals surface area (Å²) in [5, 5.41) is 7.42. The minimum Gasteiger partial charge on any atom is -0.320 e. The molecule has 0 atom stereocenters. The maximum atomic E-state index is 13.0. The average Bonchev–Trinajstić information content (AvgIpc) is 3.46. The van der Waals surface area contributed by atoms with Gasteiger partial charge >= 0.3 is 5.17 Å². The molecule has 2 aromatic carbocycles. The van der Waals surface area contributed by atoms with E-state index in [-0.39, 0.29) is 11.6 Å². The number of thioether (sulfide) groups is 1. The lowest BCUT2D eigenvalue weighted by molar-refractivity contribution is -0.312. The number of aromatic nitrogens is 2. The number of amidine groups is 1. The van der Waals surface area contributed by atoms with Crippen molar-refractivity contribution in [1.29, 1.82) is 0 Å². The molecule has 1 saturated heterocycles. The van der Waals surface area contributed by atoms with Gasteiger partial charge < -0.3 is 10.6 Å². The van der Waals surface area contributed by atoms with Crippen molar-refractivity contribution < 1.29 is 9.37 Å². The summed E-state index contributed by atoms with van der Waals surface area (Å²) in [6.45, 7) is 5.17. The first-order valence-electron chi connectivity index (χ1n) is 11.4. The SMILES string of the molecule is O=C(Nc1ccccc1C1=C[N+]2=C(CN3CCNCC3)CSC2=N1)c1cnc2ccccc2n1. The zero-order valence-electron chi connectivity index (χ0n) is 18.6. The number of para-hydroxylation sites is 3. The lowest BCUT2D eigenvalue weighted by atomic mass is 10.1. The molecule has 34 heavy (non-hydrogen) atoms. The highest BCUT2D eigenvalue weighted by atomic mass is 32.2. The molecule has 0 saturated carbocycles. The van der Waals surface area contributed by atoms with Crippen molar-refractivity contribution in [3.63, 3.8) is 0 Å². The van der Waals surface area contributed by atoms with Gasteiger partial charge in [0.05, 0.1) is 40.8 Å². The molecule has 2 N–H and O–H groups in total. The fourth-order valence-corrected chi connectivity index (χ4v) is 5.37. The van der Waals surface area contributed by atoms with Crippen molar-refractivity contribution in [1.82, 2.24) is 20.2 Å². The molecule has 1 aromatic heterocycles. The van der Waals surface area contributed by atoms with Crippen LogP contribution in [0.15, 0.2) is 65.9 Å². The molecule has 1 fully saturated rings. The normalized spacial score (nSPS) is 18.1. The molecule has 0 spiro atoms. The Morgan fingerprint density at radius 2 is 1.88 bits per heavy atom. The van der Waals surface area contributed by atoms with E-state index in [2.05, 4.69) is 36.3 Å². The lowest BCUT2D eigenvalue weighted by Crippen LogP contribution is -2.46. The van der Waals surface area contributed by atoms with Crippen LogP contribution in [0.4, 0.5) is 5.69 Å². The molecule has 1 amide bonds. The van der Waals surface area contributed by atoms with E-state index in [1.165, 1.54) is 11.9 Å². The highest BCUT2D eigenvalue weighted by Crippen LogP contribution is 2.32. The van der Waals surface area contributed by atoms with Crippen LogP contribution in [0.3, 0.4) is 0 Å². The first-order valence-corrected chi connectivity index (χ1v) is 12.4. The van der Waals surface area contributed by atoms with Gasteiger partial charge in [-0.1, -0.05) is 24.3 Å². The molecule has 3 aliphatic heterocycles. The van der Waals surface area contributed by atoms with Crippen molar-refractivity contribution in [2.45, 2.75) is 0 Å². The molecule has 0 aliphatic carbocycles. The van der Waals surface area contributed by atoms with Crippen molar-refractivity contribution in [2.75, 3.05) is 43.8 Å². The second kappa shape index (κ2) is 9.09. The van der Waals surface area contributed by atoms with Gasteiger partial charge in [-0.05, 0) is 41.0 Å². The predicted octanol–water partition coefficient (Wildman–Crippen LogP) is 2.66. The number of benzene rings is 2. The van der Waals surface area contributed by atoms with Gasteiger partial charge in [-0.15, -0.1) is 0 Å². The molecule has 0 radical (unpaired) electrons. The van der Waals surface area contributed by atoms with Crippen LogP contribution >= 0.6 is 11.8 Å². The van der Waals surface area contributed by atoms with Crippen molar-refractivity contribution in [3.05, 3.63) is 72.2 Å². The van der Waals surface area contributed by atoms with E-state index in [9.17, 15) is 4.79 Å². The number of hydrogen-bond donors (Lipinski definition) is 2. The third kappa shape index (κ3) is 4.13. The van der Waals surface area contributed by atoms with Crippen molar-refractivity contribution in [3.8, 4) is 0 Å². The maximum absolute atomic E-state index is 13.0. The van der Waals surface area contributed by atoms with Gasteiger partial charge in [-0.25, -0.2) is 4.98 Å².